The van der Waals surface area contributed by atoms with Crippen LogP contribution in [0.3, 0.4) is 0 Å². The number of thiazole rings is 1. The van der Waals surface area contributed by atoms with Crippen LogP contribution in [0.5, 0.6) is 0 Å². The van der Waals surface area contributed by atoms with Gasteiger partial charge in [0, 0.05) is 50.7 Å². The third-order valence-corrected chi connectivity index (χ3v) is 3.71. The maximum atomic E-state index is 8.46. The highest BCUT2D eigenvalue weighted by atomic mass is 32.1. The maximum Gasteiger partial charge on any atom is 0.185 e. The second-order valence-electron chi connectivity index (χ2n) is 3.98. The van der Waals surface area contributed by atoms with Crippen LogP contribution >= 0.6 is 11.3 Å². The summed E-state index contributed by atoms with van der Waals surface area (Å²) in [6.07, 6.45) is 2.46. The van der Waals surface area contributed by atoms with Crippen LogP contribution in [0.25, 0.3) is 0 Å². The fraction of sp³-hybridized carbons (Fsp3) is 0.600. The summed E-state index contributed by atoms with van der Waals surface area (Å²) in [5.74, 6) is 0.298. The molecular formula is C10H17N5OS. The number of nitrogens with two attached hydrogens (primary N) is 1. The number of piperazine rings is 1. The van der Waals surface area contributed by atoms with Gasteiger partial charge >= 0.3 is 0 Å². The van der Waals surface area contributed by atoms with Crippen molar-refractivity contribution in [3.8, 4) is 0 Å². The van der Waals surface area contributed by atoms with E-state index in [0.717, 1.165) is 37.9 Å². The molecule has 1 fully saturated rings. The molecule has 1 saturated heterocycles. The molecule has 7 heteroatoms. The molecule has 0 amide bonds. The number of hydrogen-bond acceptors (Lipinski definition) is 6. The molecule has 0 aromatic carbocycles. The van der Waals surface area contributed by atoms with Crippen molar-refractivity contribution in [2.75, 3.05) is 37.6 Å². The van der Waals surface area contributed by atoms with E-state index in [9.17, 15) is 0 Å². The van der Waals surface area contributed by atoms with Crippen molar-refractivity contribution in [1.29, 1.82) is 0 Å². The SMILES string of the molecule is N/C(CCN1CCN(c2nccs2)CC1)=N\O. The lowest BCUT2D eigenvalue weighted by Crippen LogP contribution is -2.47. The predicted molar refractivity (Wildman–Crippen MR) is 68.8 cm³/mol. The molecule has 2 rings (SSSR count). The van der Waals surface area contributed by atoms with Gasteiger partial charge in [-0.3, -0.25) is 4.90 Å². The summed E-state index contributed by atoms with van der Waals surface area (Å²) in [5, 5.41) is 14.5. The highest BCUT2D eigenvalue weighted by Crippen LogP contribution is 2.18. The molecule has 2 heterocycles. The average Bonchev–Trinajstić information content (AvgIpc) is 2.90. The first-order valence-corrected chi connectivity index (χ1v) is 6.51. The number of anilines is 1. The van der Waals surface area contributed by atoms with E-state index in [1.807, 2.05) is 11.6 Å². The Kier molecular flexibility index (Phi) is 4.16. The van der Waals surface area contributed by atoms with E-state index in [1.165, 1.54) is 0 Å². The average molecular weight is 255 g/mol. The third kappa shape index (κ3) is 3.31. The van der Waals surface area contributed by atoms with Gasteiger partial charge in [-0.2, -0.15) is 0 Å². The lowest BCUT2D eigenvalue weighted by molar-refractivity contribution is 0.262. The van der Waals surface area contributed by atoms with Gasteiger partial charge in [0.1, 0.15) is 5.84 Å². The van der Waals surface area contributed by atoms with Crippen LogP contribution in [0.2, 0.25) is 0 Å². The van der Waals surface area contributed by atoms with Crippen LogP contribution in [0, 0.1) is 0 Å². The summed E-state index contributed by atoms with van der Waals surface area (Å²) in [4.78, 5) is 8.92. The first-order valence-electron chi connectivity index (χ1n) is 5.63. The van der Waals surface area contributed by atoms with Gasteiger partial charge in [0.15, 0.2) is 5.13 Å². The summed E-state index contributed by atoms with van der Waals surface area (Å²) < 4.78 is 0. The second-order valence-corrected chi connectivity index (χ2v) is 4.86. The smallest absolute Gasteiger partial charge is 0.185 e. The first-order chi connectivity index (χ1) is 8.29. The van der Waals surface area contributed by atoms with Gasteiger partial charge in [0.25, 0.3) is 0 Å². The van der Waals surface area contributed by atoms with Crippen molar-refractivity contribution < 1.29 is 5.21 Å². The van der Waals surface area contributed by atoms with Crippen LogP contribution in [0.15, 0.2) is 16.7 Å². The molecule has 0 spiro atoms. The summed E-state index contributed by atoms with van der Waals surface area (Å²) in [6.45, 7) is 4.82. The Morgan fingerprint density at radius 3 is 2.82 bits per heavy atom. The van der Waals surface area contributed by atoms with E-state index in [-0.39, 0.29) is 0 Å². The summed E-state index contributed by atoms with van der Waals surface area (Å²) in [6, 6.07) is 0. The van der Waals surface area contributed by atoms with Crippen LogP contribution in [0.4, 0.5) is 5.13 Å². The third-order valence-electron chi connectivity index (χ3n) is 2.87. The Labute approximate surface area is 104 Å². The molecule has 1 aliphatic heterocycles. The number of hydrogen-bond donors (Lipinski definition) is 2. The Hall–Kier alpha value is -1.34. The number of oxime groups is 1. The number of nitrogens with zero attached hydrogens (tertiary/aromatic N) is 4. The van der Waals surface area contributed by atoms with Crippen molar-refractivity contribution in [1.82, 2.24) is 9.88 Å². The second kappa shape index (κ2) is 5.83. The monoisotopic (exact) mass is 255 g/mol. The standard InChI is InChI=1S/C10H17N5OS/c11-9(13-16)1-3-14-4-6-15(7-5-14)10-12-2-8-17-10/h2,8,16H,1,3-7H2,(H2,11,13). The summed E-state index contributed by atoms with van der Waals surface area (Å²) >= 11 is 1.68. The normalized spacial score (nSPS) is 18.6. The highest BCUT2D eigenvalue weighted by Gasteiger charge is 2.18. The Balaban J connectivity index is 1.75. The van der Waals surface area contributed by atoms with Crippen molar-refractivity contribution in [2.45, 2.75) is 6.42 Å². The van der Waals surface area contributed by atoms with Gasteiger partial charge < -0.3 is 15.8 Å². The van der Waals surface area contributed by atoms with Crippen molar-refractivity contribution >= 4 is 22.3 Å². The van der Waals surface area contributed by atoms with Gasteiger partial charge in [-0.05, 0) is 0 Å². The van der Waals surface area contributed by atoms with E-state index in [1.54, 1.807) is 11.3 Å². The van der Waals surface area contributed by atoms with Crippen LogP contribution < -0.4 is 10.6 Å². The molecule has 0 saturated carbocycles. The molecular weight excluding hydrogens is 238 g/mol. The van der Waals surface area contributed by atoms with Crippen LogP contribution in [0.1, 0.15) is 6.42 Å². The molecule has 0 atom stereocenters. The van der Waals surface area contributed by atoms with Gasteiger partial charge in [0.2, 0.25) is 0 Å². The zero-order valence-electron chi connectivity index (χ0n) is 9.62. The highest BCUT2D eigenvalue weighted by molar-refractivity contribution is 7.13. The van der Waals surface area contributed by atoms with E-state index in [2.05, 4.69) is 19.9 Å². The minimum atomic E-state index is 0.298. The van der Waals surface area contributed by atoms with Gasteiger partial charge in [-0.15, -0.1) is 11.3 Å². The fourth-order valence-electron chi connectivity index (χ4n) is 1.86. The van der Waals surface area contributed by atoms with Gasteiger partial charge in [-0.1, -0.05) is 5.16 Å². The van der Waals surface area contributed by atoms with Crippen molar-refractivity contribution in [3.05, 3.63) is 11.6 Å². The fourth-order valence-corrected chi connectivity index (χ4v) is 2.55. The Morgan fingerprint density at radius 2 is 2.24 bits per heavy atom. The van der Waals surface area contributed by atoms with Gasteiger partial charge in [0.05, 0.1) is 0 Å². The zero-order chi connectivity index (χ0) is 12.1. The molecule has 0 bridgehead atoms. The molecule has 0 radical (unpaired) electrons. The van der Waals surface area contributed by atoms with Crippen LogP contribution in [-0.2, 0) is 0 Å². The van der Waals surface area contributed by atoms with E-state index >= 15 is 0 Å². The summed E-state index contributed by atoms with van der Waals surface area (Å²) in [5.41, 5.74) is 5.45. The number of amidine groups is 1. The van der Waals surface area contributed by atoms with Crippen molar-refractivity contribution in [3.63, 3.8) is 0 Å². The molecule has 0 unspecified atom stereocenters. The maximum absolute atomic E-state index is 8.46. The van der Waals surface area contributed by atoms with E-state index in [0.29, 0.717) is 12.3 Å². The topological polar surface area (TPSA) is 78.0 Å². The van der Waals surface area contributed by atoms with Gasteiger partial charge in [-0.25, -0.2) is 4.98 Å². The predicted octanol–water partition coefficient (Wildman–Crippen LogP) is 0.402. The Morgan fingerprint density at radius 1 is 1.47 bits per heavy atom. The lowest BCUT2D eigenvalue weighted by Gasteiger charge is -2.34. The molecule has 17 heavy (non-hydrogen) atoms. The number of aromatic nitrogens is 1. The zero-order valence-corrected chi connectivity index (χ0v) is 10.4. The molecule has 1 aromatic heterocycles. The number of rotatable bonds is 4. The minimum absolute atomic E-state index is 0.298. The first kappa shape index (κ1) is 12.1. The molecule has 1 aromatic rings. The summed E-state index contributed by atoms with van der Waals surface area (Å²) in [7, 11) is 0. The largest absolute Gasteiger partial charge is 0.409 e. The quantitative estimate of drug-likeness (QED) is 0.352. The van der Waals surface area contributed by atoms with E-state index in [4.69, 9.17) is 10.9 Å². The Bertz CT molecular complexity index is 359. The lowest BCUT2D eigenvalue weighted by atomic mass is 10.3. The molecule has 1 aliphatic rings. The van der Waals surface area contributed by atoms with Crippen LogP contribution in [-0.4, -0.2) is 53.7 Å². The molecule has 94 valence electrons. The molecule has 3 N–H and O–H groups in total. The molecule has 0 aliphatic carbocycles. The molecule has 6 nitrogen and oxygen atoms in total. The van der Waals surface area contributed by atoms with E-state index < -0.39 is 0 Å². The van der Waals surface area contributed by atoms with Crippen molar-refractivity contribution in [2.24, 2.45) is 10.9 Å². The minimum Gasteiger partial charge on any atom is -0.409 e.